The summed E-state index contributed by atoms with van der Waals surface area (Å²) in [4.78, 5) is 2.41. The molecule has 0 aliphatic carbocycles. The van der Waals surface area contributed by atoms with Crippen LogP contribution in [0.1, 0.15) is 24.0 Å². The third kappa shape index (κ3) is 3.40. The number of nitrogens with zero attached hydrogens (tertiary/aromatic N) is 2. The summed E-state index contributed by atoms with van der Waals surface area (Å²) in [6.45, 7) is 2.30. The number of benzene rings is 2. The normalized spacial score (nSPS) is 14.9. The lowest BCUT2D eigenvalue weighted by atomic mass is 10.0. The van der Waals surface area contributed by atoms with Crippen LogP contribution in [0.15, 0.2) is 53.0 Å². The maximum Gasteiger partial charge on any atom is 0.0998 e. The van der Waals surface area contributed by atoms with Gasteiger partial charge in [0.2, 0.25) is 0 Å². The number of halogens is 1. The Bertz CT molecular complexity index is 703. The van der Waals surface area contributed by atoms with Crippen molar-refractivity contribution < 1.29 is 0 Å². The van der Waals surface area contributed by atoms with E-state index in [-0.39, 0.29) is 0 Å². The largest absolute Gasteiger partial charge is 0.372 e. The van der Waals surface area contributed by atoms with Crippen LogP contribution in [0.25, 0.3) is 11.6 Å². The number of rotatable bonds is 3. The van der Waals surface area contributed by atoms with Crippen LogP contribution in [-0.4, -0.2) is 13.1 Å². The standard InChI is InChI=1S/C19H17BrN2/c20-18-7-5-16(6-8-18)17(14-21)13-15-3-9-19(10-4-15)22-11-1-2-12-22/h3-10,13H,1-2,11-12H2/b17-13+. The van der Waals surface area contributed by atoms with Crippen LogP contribution in [0.2, 0.25) is 0 Å². The van der Waals surface area contributed by atoms with Crippen molar-refractivity contribution in [3.63, 3.8) is 0 Å². The van der Waals surface area contributed by atoms with Crippen LogP contribution in [0.3, 0.4) is 0 Å². The highest BCUT2D eigenvalue weighted by molar-refractivity contribution is 9.10. The summed E-state index contributed by atoms with van der Waals surface area (Å²) in [7, 11) is 0. The molecule has 0 radical (unpaired) electrons. The van der Waals surface area contributed by atoms with Gasteiger partial charge in [-0.25, -0.2) is 0 Å². The highest BCUT2D eigenvalue weighted by Crippen LogP contribution is 2.23. The van der Waals surface area contributed by atoms with Gasteiger partial charge < -0.3 is 4.90 Å². The quantitative estimate of drug-likeness (QED) is 0.566. The van der Waals surface area contributed by atoms with Crippen molar-refractivity contribution in [1.29, 1.82) is 5.26 Å². The summed E-state index contributed by atoms with van der Waals surface area (Å²) in [6, 6.07) is 18.6. The third-order valence-electron chi connectivity index (χ3n) is 3.95. The van der Waals surface area contributed by atoms with E-state index in [0.29, 0.717) is 5.57 Å². The Labute approximate surface area is 139 Å². The highest BCUT2D eigenvalue weighted by Gasteiger charge is 2.11. The van der Waals surface area contributed by atoms with Crippen LogP contribution < -0.4 is 4.90 Å². The summed E-state index contributed by atoms with van der Waals surface area (Å²) in [5, 5.41) is 9.40. The molecule has 1 aliphatic heterocycles. The minimum atomic E-state index is 0.682. The van der Waals surface area contributed by atoms with Crippen molar-refractivity contribution in [2.45, 2.75) is 12.8 Å². The van der Waals surface area contributed by atoms with Crippen LogP contribution >= 0.6 is 15.9 Å². The molecule has 2 aromatic rings. The molecule has 1 heterocycles. The highest BCUT2D eigenvalue weighted by atomic mass is 79.9. The molecule has 2 aromatic carbocycles. The first-order valence-corrected chi connectivity index (χ1v) is 8.28. The second-order valence-electron chi connectivity index (χ2n) is 5.46. The fourth-order valence-corrected chi connectivity index (χ4v) is 3.00. The molecule has 0 N–H and O–H groups in total. The molecule has 0 unspecified atom stereocenters. The first kappa shape index (κ1) is 14.9. The van der Waals surface area contributed by atoms with Gasteiger partial charge in [0.25, 0.3) is 0 Å². The molecule has 1 aliphatic rings. The van der Waals surface area contributed by atoms with Crippen LogP contribution in [0.5, 0.6) is 0 Å². The molecular formula is C19H17BrN2. The Morgan fingerprint density at radius 3 is 2.23 bits per heavy atom. The van der Waals surface area contributed by atoms with E-state index >= 15 is 0 Å². The predicted octanol–water partition coefficient (Wildman–Crippen LogP) is 5.11. The van der Waals surface area contributed by atoms with Gasteiger partial charge in [-0.05, 0) is 54.3 Å². The summed E-state index contributed by atoms with van der Waals surface area (Å²) < 4.78 is 1.02. The molecule has 1 saturated heterocycles. The van der Waals surface area contributed by atoms with Crippen molar-refractivity contribution in [1.82, 2.24) is 0 Å². The number of hydrogen-bond acceptors (Lipinski definition) is 2. The topological polar surface area (TPSA) is 27.0 Å². The summed E-state index contributed by atoms with van der Waals surface area (Å²) in [6.07, 6.45) is 4.50. The first-order chi connectivity index (χ1) is 10.8. The SMILES string of the molecule is N#C/C(=C\c1ccc(N2CCCC2)cc1)c1ccc(Br)cc1. The van der Waals surface area contributed by atoms with E-state index in [9.17, 15) is 5.26 Å². The van der Waals surface area contributed by atoms with E-state index in [1.54, 1.807) is 0 Å². The number of nitriles is 1. The maximum absolute atomic E-state index is 9.40. The number of hydrogen-bond donors (Lipinski definition) is 0. The van der Waals surface area contributed by atoms with Gasteiger partial charge in [-0.1, -0.05) is 40.2 Å². The smallest absolute Gasteiger partial charge is 0.0998 e. The minimum Gasteiger partial charge on any atom is -0.372 e. The zero-order valence-corrected chi connectivity index (χ0v) is 13.9. The third-order valence-corrected chi connectivity index (χ3v) is 4.48. The molecular weight excluding hydrogens is 336 g/mol. The summed E-state index contributed by atoms with van der Waals surface area (Å²) in [5.41, 5.74) is 3.95. The van der Waals surface area contributed by atoms with Crippen molar-refractivity contribution >= 4 is 33.3 Å². The second-order valence-corrected chi connectivity index (χ2v) is 6.38. The molecule has 110 valence electrons. The molecule has 22 heavy (non-hydrogen) atoms. The lowest BCUT2D eigenvalue weighted by Gasteiger charge is -2.17. The molecule has 0 bridgehead atoms. The zero-order valence-electron chi connectivity index (χ0n) is 12.3. The Hall–Kier alpha value is -2.05. The molecule has 0 spiro atoms. The number of anilines is 1. The van der Waals surface area contributed by atoms with Crippen LogP contribution in [0.4, 0.5) is 5.69 Å². The van der Waals surface area contributed by atoms with E-state index in [4.69, 9.17) is 0 Å². The monoisotopic (exact) mass is 352 g/mol. The Kier molecular flexibility index (Phi) is 4.60. The molecule has 2 nitrogen and oxygen atoms in total. The Morgan fingerprint density at radius 1 is 1.00 bits per heavy atom. The van der Waals surface area contributed by atoms with E-state index < -0.39 is 0 Å². The average Bonchev–Trinajstić information content (AvgIpc) is 3.09. The van der Waals surface area contributed by atoms with Gasteiger partial charge in [0.15, 0.2) is 0 Å². The fraction of sp³-hybridized carbons (Fsp3) is 0.211. The van der Waals surface area contributed by atoms with Crippen LogP contribution in [0, 0.1) is 11.3 Å². The molecule has 3 rings (SSSR count). The summed E-state index contributed by atoms with van der Waals surface area (Å²) in [5.74, 6) is 0. The number of allylic oxidation sites excluding steroid dienone is 1. The van der Waals surface area contributed by atoms with Gasteiger partial charge in [-0.2, -0.15) is 5.26 Å². The Balaban J connectivity index is 1.83. The minimum absolute atomic E-state index is 0.682. The van der Waals surface area contributed by atoms with Gasteiger partial charge in [-0.3, -0.25) is 0 Å². The molecule has 0 amide bonds. The summed E-state index contributed by atoms with van der Waals surface area (Å²) >= 11 is 3.42. The lowest BCUT2D eigenvalue weighted by molar-refractivity contribution is 0.949. The van der Waals surface area contributed by atoms with Gasteiger partial charge in [0.1, 0.15) is 0 Å². The van der Waals surface area contributed by atoms with Crippen molar-refractivity contribution in [2.75, 3.05) is 18.0 Å². The first-order valence-electron chi connectivity index (χ1n) is 7.49. The average molecular weight is 353 g/mol. The zero-order chi connectivity index (χ0) is 15.4. The second kappa shape index (κ2) is 6.81. The molecule has 0 saturated carbocycles. The molecule has 0 atom stereocenters. The van der Waals surface area contributed by atoms with Gasteiger partial charge >= 0.3 is 0 Å². The van der Waals surface area contributed by atoms with Gasteiger partial charge in [-0.15, -0.1) is 0 Å². The molecule has 3 heteroatoms. The van der Waals surface area contributed by atoms with Gasteiger partial charge in [0.05, 0.1) is 11.6 Å². The van der Waals surface area contributed by atoms with Gasteiger partial charge in [0, 0.05) is 23.2 Å². The lowest BCUT2D eigenvalue weighted by Crippen LogP contribution is -2.17. The maximum atomic E-state index is 9.40. The van der Waals surface area contributed by atoms with Crippen molar-refractivity contribution in [3.05, 3.63) is 64.1 Å². The molecule has 1 fully saturated rings. The van der Waals surface area contributed by atoms with E-state index in [1.165, 1.54) is 18.5 Å². The molecule has 0 aromatic heterocycles. The van der Waals surface area contributed by atoms with Crippen LogP contribution in [-0.2, 0) is 0 Å². The van der Waals surface area contributed by atoms with E-state index in [0.717, 1.165) is 28.7 Å². The van der Waals surface area contributed by atoms with E-state index in [2.05, 4.69) is 51.2 Å². The van der Waals surface area contributed by atoms with Crippen molar-refractivity contribution in [3.8, 4) is 6.07 Å². The fourth-order valence-electron chi connectivity index (χ4n) is 2.73. The van der Waals surface area contributed by atoms with E-state index in [1.807, 2.05) is 30.3 Å². The Morgan fingerprint density at radius 2 is 1.64 bits per heavy atom. The predicted molar refractivity (Wildman–Crippen MR) is 95.5 cm³/mol. The van der Waals surface area contributed by atoms with Crippen molar-refractivity contribution in [2.24, 2.45) is 0 Å².